The monoisotopic (exact) mass is 264 g/mol. The van der Waals surface area contributed by atoms with Gasteiger partial charge in [-0.25, -0.2) is 0 Å². The Balaban J connectivity index is 2.12. The number of para-hydroxylation sites is 2. The summed E-state index contributed by atoms with van der Waals surface area (Å²) < 4.78 is 0. The van der Waals surface area contributed by atoms with Crippen molar-refractivity contribution in [2.24, 2.45) is 4.99 Å². The molecule has 1 amide bonds. The molecule has 0 spiro atoms. The van der Waals surface area contributed by atoms with Gasteiger partial charge in [0.1, 0.15) is 0 Å². The summed E-state index contributed by atoms with van der Waals surface area (Å²) in [6, 6.07) is 17.7. The van der Waals surface area contributed by atoms with Crippen LogP contribution < -0.4 is 4.90 Å². The Morgan fingerprint density at radius 1 is 1.05 bits per heavy atom. The van der Waals surface area contributed by atoms with Crippen LogP contribution in [0.4, 0.5) is 11.4 Å². The summed E-state index contributed by atoms with van der Waals surface area (Å²) in [7, 11) is 0. The van der Waals surface area contributed by atoms with Crippen molar-refractivity contribution in [1.29, 1.82) is 0 Å². The number of hydrogen-bond donors (Lipinski definition) is 0. The lowest BCUT2D eigenvalue weighted by Crippen LogP contribution is -2.31. The Labute approximate surface area is 118 Å². The standard InChI is InChI=1S/C17H16N2O/c1-2-19-16-11-7-6-10-14(16)18-15(12-17(19)20)13-8-4-3-5-9-13/h3-11H,2,12H2,1H3. The summed E-state index contributed by atoms with van der Waals surface area (Å²) in [5.41, 5.74) is 3.59. The lowest BCUT2D eigenvalue weighted by atomic mass is 10.1. The van der Waals surface area contributed by atoms with Crippen LogP contribution >= 0.6 is 0 Å². The fourth-order valence-corrected chi connectivity index (χ4v) is 2.49. The molecule has 0 aliphatic carbocycles. The van der Waals surface area contributed by atoms with Crippen LogP contribution in [0.3, 0.4) is 0 Å². The number of carbonyl (C=O) groups is 1. The van der Waals surface area contributed by atoms with E-state index >= 15 is 0 Å². The first kappa shape index (κ1) is 12.6. The minimum atomic E-state index is 0.0973. The van der Waals surface area contributed by atoms with Gasteiger partial charge in [-0.1, -0.05) is 42.5 Å². The highest BCUT2D eigenvalue weighted by molar-refractivity contribution is 6.17. The summed E-state index contributed by atoms with van der Waals surface area (Å²) >= 11 is 0. The van der Waals surface area contributed by atoms with Crippen LogP contribution in [0.25, 0.3) is 0 Å². The number of amides is 1. The van der Waals surface area contributed by atoms with Gasteiger partial charge in [0.15, 0.2) is 0 Å². The zero-order valence-corrected chi connectivity index (χ0v) is 11.4. The average Bonchev–Trinajstić information content (AvgIpc) is 2.63. The van der Waals surface area contributed by atoms with E-state index in [4.69, 9.17) is 4.99 Å². The number of hydrogen-bond acceptors (Lipinski definition) is 2. The van der Waals surface area contributed by atoms with Crippen molar-refractivity contribution in [3.05, 3.63) is 60.2 Å². The van der Waals surface area contributed by atoms with E-state index in [0.29, 0.717) is 13.0 Å². The summed E-state index contributed by atoms with van der Waals surface area (Å²) in [5, 5.41) is 0. The van der Waals surface area contributed by atoms with Gasteiger partial charge in [0.05, 0.1) is 23.5 Å². The molecule has 0 saturated carbocycles. The van der Waals surface area contributed by atoms with Crippen LogP contribution in [-0.2, 0) is 4.79 Å². The first-order valence-electron chi connectivity index (χ1n) is 6.82. The maximum absolute atomic E-state index is 12.4. The Kier molecular flexibility index (Phi) is 3.33. The van der Waals surface area contributed by atoms with E-state index in [1.807, 2.05) is 61.5 Å². The zero-order valence-electron chi connectivity index (χ0n) is 11.4. The molecule has 1 aliphatic heterocycles. The zero-order chi connectivity index (χ0) is 13.9. The molecule has 3 heteroatoms. The molecule has 2 aromatic carbocycles. The number of carbonyl (C=O) groups excluding carboxylic acids is 1. The fourth-order valence-electron chi connectivity index (χ4n) is 2.49. The normalized spacial score (nSPS) is 14.6. The fraction of sp³-hybridized carbons (Fsp3) is 0.176. The predicted octanol–water partition coefficient (Wildman–Crippen LogP) is 3.56. The number of anilines is 1. The van der Waals surface area contributed by atoms with Crippen molar-refractivity contribution in [3.63, 3.8) is 0 Å². The molecule has 0 unspecified atom stereocenters. The van der Waals surface area contributed by atoms with Crippen LogP contribution in [0.5, 0.6) is 0 Å². The molecular weight excluding hydrogens is 248 g/mol. The van der Waals surface area contributed by atoms with Crippen molar-refractivity contribution in [2.45, 2.75) is 13.3 Å². The average molecular weight is 264 g/mol. The number of rotatable bonds is 2. The van der Waals surface area contributed by atoms with Gasteiger partial charge in [0.25, 0.3) is 0 Å². The van der Waals surface area contributed by atoms with Gasteiger partial charge in [-0.2, -0.15) is 0 Å². The lowest BCUT2D eigenvalue weighted by molar-refractivity contribution is -0.117. The van der Waals surface area contributed by atoms with Crippen molar-refractivity contribution >= 4 is 23.0 Å². The van der Waals surface area contributed by atoms with Gasteiger partial charge < -0.3 is 4.90 Å². The van der Waals surface area contributed by atoms with Gasteiger partial charge in [0.2, 0.25) is 5.91 Å². The second kappa shape index (κ2) is 5.29. The largest absolute Gasteiger partial charge is 0.310 e. The molecule has 1 aliphatic rings. The SMILES string of the molecule is CCN1C(=O)CC(c2ccccc2)=Nc2ccccc21. The van der Waals surface area contributed by atoms with Crippen molar-refractivity contribution in [1.82, 2.24) is 0 Å². The highest BCUT2D eigenvalue weighted by atomic mass is 16.2. The second-order valence-electron chi connectivity index (χ2n) is 4.73. The molecule has 20 heavy (non-hydrogen) atoms. The molecule has 100 valence electrons. The van der Waals surface area contributed by atoms with Crippen molar-refractivity contribution in [2.75, 3.05) is 11.4 Å². The molecule has 2 aromatic rings. The quantitative estimate of drug-likeness (QED) is 0.816. The van der Waals surface area contributed by atoms with E-state index < -0.39 is 0 Å². The molecule has 0 bridgehead atoms. The minimum absolute atomic E-state index is 0.0973. The Morgan fingerprint density at radius 3 is 2.50 bits per heavy atom. The van der Waals surface area contributed by atoms with Crippen LogP contribution in [0.1, 0.15) is 18.9 Å². The third kappa shape index (κ3) is 2.23. The lowest BCUT2D eigenvalue weighted by Gasteiger charge is -2.20. The summed E-state index contributed by atoms with van der Waals surface area (Å²) in [6.07, 6.45) is 0.340. The molecule has 0 saturated heterocycles. The number of nitrogens with zero attached hydrogens (tertiary/aromatic N) is 2. The molecular formula is C17H16N2O. The second-order valence-corrected chi connectivity index (χ2v) is 4.73. The number of aliphatic imine (C=N–C) groups is 1. The van der Waals surface area contributed by atoms with Crippen molar-refractivity contribution in [3.8, 4) is 0 Å². The molecule has 0 fully saturated rings. The predicted molar refractivity (Wildman–Crippen MR) is 81.7 cm³/mol. The molecule has 3 rings (SSSR count). The summed E-state index contributed by atoms with van der Waals surface area (Å²) in [5.74, 6) is 0.0973. The highest BCUT2D eigenvalue weighted by Gasteiger charge is 2.23. The van der Waals surface area contributed by atoms with Crippen molar-refractivity contribution < 1.29 is 4.79 Å². The van der Waals surface area contributed by atoms with E-state index in [1.54, 1.807) is 4.90 Å². The van der Waals surface area contributed by atoms with E-state index in [2.05, 4.69) is 0 Å². The Morgan fingerprint density at radius 2 is 1.75 bits per heavy atom. The Bertz CT molecular complexity index is 662. The topological polar surface area (TPSA) is 32.7 Å². The van der Waals surface area contributed by atoms with Gasteiger partial charge in [-0.3, -0.25) is 9.79 Å². The third-order valence-corrected chi connectivity index (χ3v) is 3.47. The van der Waals surface area contributed by atoms with Crippen LogP contribution in [0.15, 0.2) is 59.6 Å². The molecule has 0 aromatic heterocycles. The van der Waals surface area contributed by atoms with E-state index in [9.17, 15) is 4.79 Å². The first-order chi connectivity index (χ1) is 9.79. The Hall–Kier alpha value is -2.42. The van der Waals surface area contributed by atoms with Gasteiger partial charge in [-0.15, -0.1) is 0 Å². The van der Waals surface area contributed by atoms with Crippen LogP contribution in [-0.4, -0.2) is 18.2 Å². The molecule has 3 nitrogen and oxygen atoms in total. The van der Waals surface area contributed by atoms with Gasteiger partial charge >= 0.3 is 0 Å². The third-order valence-electron chi connectivity index (χ3n) is 3.47. The van der Waals surface area contributed by atoms with E-state index in [-0.39, 0.29) is 5.91 Å². The number of benzene rings is 2. The highest BCUT2D eigenvalue weighted by Crippen LogP contribution is 2.32. The number of fused-ring (bicyclic) bond motifs is 1. The summed E-state index contributed by atoms with van der Waals surface area (Å²) in [6.45, 7) is 2.65. The van der Waals surface area contributed by atoms with Crippen LogP contribution in [0.2, 0.25) is 0 Å². The smallest absolute Gasteiger partial charge is 0.233 e. The van der Waals surface area contributed by atoms with E-state index in [0.717, 1.165) is 22.6 Å². The van der Waals surface area contributed by atoms with E-state index in [1.165, 1.54) is 0 Å². The van der Waals surface area contributed by atoms with Gasteiger partial charge in [-0.05, 0) is 24.6 Å². The molecule has 0 radical (unpaired) electrons. The first-order valence-corrected chi connectivity index (χ1v) is 6.82. The maximum atomic E-state index is 12.4. The van der Waals surface area contributed by atoms with Gasteiger partial charge in [0, 0.05) is 6.54 Å². The molecule has 0 atom stereocenters. The van der Waals surface area contributed by atoms with Crippen LogP contribution in [0, 0.1) is 0 Å². The molecule has 1 heterocycles. The maximum Gasteiger partial charge on any atom is 0.233 e. The summed E-state index contributed by atoms with van der Waals surface area (Å²) in [4.78, 5) is 18.9. The molecule has 0 N–H and O–H groups in total. The minimum Gasteiger partial charge on any atom is -0.310 e.